The Kier molecular flexibility index (Phi) is 6.43. The van der Waals surface area contributed by atoms with Crippen LogP contribution in [0.4, 0.5) is 5.69 Å². The second kappa shape index (κ2) is 9.23. The molecule has 0 saturated carbocycles. The van der Waals surface area contributed by atoms with Crippen LogP contribution in [0, 0.1) is 27.7 Å². The van der Waals surface area contributed by atoms with E-state index < -0.39 is 0 Å². The highest BCUT2D eigenvalue weighted by molar-refractivity contribution is 5.81. The molecule has 1 aliphatic rings. The fourth-order valence-electron chi connectivity index (χ4n) is 5.01. The number of hydrogen-bond acceptors (Lipinski definition) is 3. The van der Waals surface area contributed by atoms with Crippen LogP contribution in [0.25, 0.3) is 11.1 Å². The Labute approximate surface area is 187 Å². The highest BCUT2D eigenvalue weighted by Crippen LogP contribution is 2.36. The van der Waals surface area contributed by atoms with Gasteiger partial charge >= 0.3 is 0 Å². The van der Waals surface area contributed by atoms with E-state index in [1.54, 1.807) is 0 Å². The topological polar surface area (TPSA) is 42.2 Å². The lowest BCUT2D eigenvalue weighted by molar-refractivity contribution is 0.500. The molecule has 0 amide bonds. The van der Waals surface area contributed by atoms with Gasteiger partial charge < -0.3 is 10.6 Å². The summed E-state index contributed by atoms with van der Waals surface area (Å²) in [6, 6.07) is 14.0. The van der Waals surface area contributed by atoms with Gasteiger partial charge in [0, 0.05) is 37.1 Å². The average molecular weight is 414 g/mol. The summed E-state index contributed by atoms with van der Waals surface area (Å²) in [5.74, 6) is 0. The van der Waals surface area contributed by atoms with E-state index in [1.807, 2.05) is 0 Å². The summed E-state index contributed by atoms with van der Waals surface area (Å²) in [6.45, 7) is 10.7. The van der Waals surface area contributed by atoms with Crippen LogP contribution in [-0.2, 0) is 12.8 Å². The Morgan fingerprint density at radius 2 is 1.39 bits per heavy atom. The quantitative estimate of drug-likeness (QED) is 0.584. The van der Waals surface area contributed by atoms with E-state index in [0.717, 1.165) is 38.8 Å². The van der Waals surface area contributed by atoms with Gasteiger partial charge in [0.1, 0.15) is 0 Å². The fourth-order valence-corrected chi connectivity index (χ4v) is 5.01. The molecular weight excluding hydrogens is 378 g/mol. The number of piperidine rings is 1. The molecule has 1 fully saturated rings. The third-order valence-electron chi connectivity index (χ3n) is 6.35. The third kappa shape index (κ3) is 5.16. The summed E-state index contributed by atoms with van der Waals surface area (Å²) < 4.78 is 0. The molecule has 0 bridgehead atoms. The van der Waals surface area contributed by atoms with Crippen molar-refractivity contribution in [3.8, 4) is 11.1 Å². The van der Waals surface area contributed by atoms with Crippen molar-refractivity contribution in [1.82, 2.24) is 4.98 Å². The van der Waals surface area contributed by atoms with Gasteiger partial charge in [0.05, 0.1) is 5.69 Å². The smallest absolute Gasteiger partial charge is 0.0509 e. The number of anilines is 1. The zero-order chi connectivity index (χ0) is 22.0. The van der Waals surface area contributed by atoms with Crippen molar-refractivity contribution in [3.05, 3.63) is 82.2 Å². The van der Waals surface area contributed by atoms with Gasteiger partial charge in [-0.3, -0.25) is 4.98 Å². The minimum atomic E-state index is 0.321. The molecule has 0 radical (unpaired) electrons. The number of benzene rings is 2. The summed E-state index contributed by atoms with van der Waals surface area (Å²) in [4.78, 5) is 7.24. The van der Waals surface area contributed by atoms with Crippen molar-refractivity contribution < 1.29 is 0 Å². The molecule has 3 heteroatoms. The normalized spacial score (nSPS) is 14.8. The van der Waals surface area contributed by atoms with Gasteiger partial charge in [0.25, 0.3) is 0 Å². The summed E-state index contributed by atoms with van der Waals surface area (Å²) in [5, 5.41) is 0. The Morgan fingerprint density at radius 1 is 0.806 bits per heavy atom. The van der Waals surface area contributed by atoms with Crippen molar-refractivity contribution in [3.63, 3.8) is 0 Å². The van der Waals surface area contributed by atoms with Gasteiger partial charge in [-0.15, -0.1) is 0 Å². The molecule has 162 valence electrons. The first kappa shape index (κ1) is 21.6. The molecule has 1 aromatic heterocycles. The number of aromatic nitrogens is 1. The van der Waals surface area contributed by atoms with Crippen LogP contribution in [0.3, 0.4) is 0 Å². The molecule has 2 aromatic carbocycles. The van der Waals surface area contributed by atoms with Gasteiger partial charge in [-0.1, -0.05) is 58.7 Å². The highest BCUT2D eigenvalue weighted by atomic mass is 15.1. The first-order valence-corrected chi connectivity index (χ1v) is 11.5. The minimum absolute atomic E-state index is 0.321. The van der Waals surface area contributed by atoms with E-state index in [2.05, 4.69) is 86.4 Å². The first-order valence-electron chi connectivity index (χ1n) is 11.5. The van der Waals surface area contributed by atoms with Gasteiger partial charge in [-0.05, 0) is 70.1 Å². The summed E-state index contributed by atoms with van der Waals surface area (Å²) >= 11 is 0. The SMILES string of the molecule is Cc1cc(C)cc(CCc2cncc(-c3cc(C)cc(C)c3)c2N2CCC(N)CC2)c1. The van der Waals surface area contributed by atoms with E-state index >= 15 is 0 Å². The Hall–Kier alpha value is -2.65. The van der Waals surface area contributed by atoms with Crippen molar-refractivity contribution in [2.24, 2.45) is 5.73 Å². The Bertz CT molecular complexity index is 1020. The molecule has 1 saturated heterocycles. The molecule has 0 spiro atoms. The van der Waals surface area contributed by atoms with Gasteiger partial charge in [0.15, 0.2) is 0 Å². The molecule has 4 rings (SSSR count). The molecule has 31 heavy (non-hydrogen) atoms. The van der Waals surface area contributed by atoms with Gasteiger partial charge in [-0.2, -0.15) is 0 Å². The maximum atomic E-state index is 6.23. The third-order valence-corrected chi connectivity index (χ3v) is 6.35. The maximum Gasteiger partial charge on any atom is 0.0509 e. The molecule has 0 unspecified atom stereocenters. The number of rotatable bonds is 5. The summed E-state index contributed by atoms with van der Waals surface area (Å²) in [7, 11) is 0. The lowest BCUT2D eigenvalue weighted by Crippen LogP contribution is -2.40. The Morgan fingerprint density at radius 3 is 2.00 bits per heavy atom. The van der Waals surface area contributed by atoms with Crippen molar-refractivity contribution in [1.29, 1.82) is 0 Å². The van der Waals surface area contributed by atoms with E-state index in [0.29, 0.717) is 6.04 Å². The van der Waals surface area contributed by atoms with E-state index in [1.165, 1.54) is 50.2 Å². The van der Waals surface area contributed by atoms with Crippen LogP contribution in [0.5, 0.6) is 0 Å². The van der Waals surface area contributed by atoms with Crippen molar-refractivity contribution >= 4 is 5.69 Å². The van der Waals surface area contributed by atoms with Crippen LogP contribution >= 0.6 is 0 Å². The van der Waals surface area contributed by atoms with E-state index in [4.69, 9.17) is 5.73 Å². The molecule has 2 heterocycles. The molecule has 1 aliphatic heterocycles. The van der Waals surface area contributed by atoms with Crippen LogP contribution in [0.15, 0.2) is 48.8 Å². The predicted octanol–water partition coefficient (Wildman–Crippen LogP) is 5.69. The van der Waals surface area contributed by atoms with E-state index in [-0.39, 0.29) is 0 Å². The standard InChI is InChI=1S/C28H35N3/c1-19-11-20(2)14-23(13-19)5-6-24-17-30-18-27(25-15-21(3)12-22(4)16-25)28(24)31-9-7-26(29)8-10-31/h11-18,26H,5-10,29H2,1-4H3. The molecule has 3 aromatic rings. The fraction of sp³-hybridized carbons (Fsp3) is 0.393. The summed E-state index contributed by atoms with van der Waals surface area (Å²) in [6.07, 6.45) is 8.25. The number of nitrogens with two attached hydrogens (primary N) is 1. The predicted molar refractivity (Wildman–Crippen MR) is 132 cm³/mol. The van der Waals surface area contributed by atoms with Crippen LogP contribution in [0.2, 0.25) is 0 Å². The first-order chi connectivity index (χ1) is 14.9. The molecule has 2 N–H and O–H groups in total. The number of pyridine rings is 1. The monoisotopic (exact) mass is 413 g/mol. The van der Waals surface area contributed by atoms with Crippen LogP contribution < -0.4 is 10.6 Å². The zero-order valence-electron chi connectivity index (χ0n) is 19.4. The van der Waals surface area contributed by atoms with E-state index in [9.17, 15) is 0 Å². The lowest BCUT2D eigenvalue weighted by Gasteiger charge is -2.35. The van der Waals surface area contributed by atoms with Gasteiger partial charge in [0.2, 0.25) is 0 Å². The average Bonchev–Trinajstić information content (AvgIpc) is 2.71. The highest BCUT2D eigenvalue weighted by Gasteiger charge is 2.22. The summed E-state index contributed by atoms with van der Waals surface area (Å²) in [5.41, 5.74) is 18.1. The molecule has 0 atom stereocenters. The van der Waals surface area contributed by atoms with Crippen molar-refractivity contribution in [2.45, 2.75) is 59.4 Å². The largest absolute Gasteiger partial charge is 0.371 e. The number of nitrogens with zero attached hydrogens (tertiary/aromatic N) is 2. The van der Waals surface area contributed by atoms with Crippen LogP contribution in [0.1, 0.15) is 46.2 Å². The lowest BCUT2D eigenvalue weighted by atomic mass is 9.94. The maximum absolute atomic E-state index is 6.23. The molecule has 0 aliphatic carbocycles. The number of aryl methyl sites for hydroxylation is 6. The second-order valence-corrected chi connectivity index (χ2v) is 9.39. The van der Waals surface area contributed by atoms with Crippen LogP contribution in [-0.4, -0.2) is 24.1 Å². The Balaban J connectivity index is 1.73. The molecule has 3 nitrogen and oxygen atoms in total. The molecular formula is C28H35N3. The zero-order valence-corrected chi connectivity index (χ0v) is 19.4. The number of hydrogen-bond donors (Lipinski definition) is 1. The second-order valence-electron chi connectivity index (χ2n) is 9.39. The van der Waals surface area contributed by atoms with Crippen molar-refractivity contribution in [2.75, 3.05) is 18.0 Å². The minimum Gasteiger partial charge on any atom is -0.371 e. The van der Waals surface area contributed by atoms with Gasteiger partial charge in [-0.25, -0.2) is 0 Å².